The quantitative estimate of drug-likeness (QED) is 0.620. The van der Waals surface area contributed by atoms with Crippen LogP contribution in [-0.4, -0.2) is 36.6 Å². The van der Waals surface area contributed by atoms with Gasteiger partial charge in [-0.15, -0.1) is 0 Å². The number of hydrogen-bond acceptors (Lipinski definition) is 5. The summed E-state index contributed by atoms with van der Waals surface area (Å²) in [6, 6.07) is 8.50. The Bertz CT molecular complexity index is 1000. The van der Waals surface area contributed by atoms with Crippen molar-refractivity contribution in [2.45, 2.75) is 17.7 Å². The first-order valence-electron chi connectivity index (χ1n) is 8.14. The standard InChI is InChI=1S/C17H16FN3O5S/c18-15-7-6-13(11-16(15)21(23)24)19-17(22)12-4-3-5-14(10-12)27(25,26)20-8-1-2-9-20/h3-7,10-11H,1-2,8-9H2,(H,19,22). The van der Waals surface area contributed by atoms with Crippen LogP contribution in [0.15, 0.2) is 47.4 Å². The Morgan fingerprint density at radius 3 is 2.52 bits per heavy atom. The fourth-order valence-electron chi connectivity index (χ4n) is 2.81. The number of nitrogens with one attached hydrogen (secondary N) is 1. The first-order valence-corrected chi connectivity index (χ1v) is 9.58. The Labute approximate surface area is 154 Å². The summed E-state index contributed by atoms with van der Waals surface area (Å²) < 4.78 is 40.0. The van der Waals surface area contributed by atoms with Gasteiger partial charge in [0.2, 0.25) is 15.8 Å². The van der Waals surface area contributed by atoms with Crippen molar-refractivity contribution < 1.29 is 22.5 Å². The van der Waals surface area contributed by atoms with Crippen molar-refractivity contribution in [1.82, 2.24) is 4.31 Å². The minimum absolute atomic E-state index is 0.00198. The molecule has 1 aliphatic heterocycles. The van der Waals surface area contributed by atoms with E-state index in [2.05, 4.69) is 5.32 Å². The van der Waals surface area contributed by atoms with Gasteiger partial charge in [0.1, 0.15) is 0 Å². The zero-order valence-electron chi connectivity index (χ0n) is 14.1. The summed E-state index contributed by atoms with van der Waals surface area (Å²) in [5.74, 6) is -1.67. The molecule has 0 saturated carbocycles. The summed E-state index contributed by atoms with van der Waals surface area (Å²) in [6.45, 7) is 0.885. The van der Waals surface area contributed by atoms with Crippen molar-refractivity contribution in [2.24, 2.45) is 0 Å². The number of nitrogens with zero attached hydrogens (tertiary/aromatic N) is 2. The van der Waals surface area contributed by atoms with Crippen LogP contribution in [0, 0.1) is 15.9 Å². The molecule has 1 amide bonds. The van der Waals surface area contributed by atoms with E-state index in [9.17, 15) is 27.7 Å². The van der Waals surface area contributed by atoms with Crippen molar-refractivity contribution >= 4 is 27.3 Å². The van der Waals surface area contributed by atoms with Crippen molar-refractivity contribution in [2.75, 3.05) is 18.4 Å². The monoisotopic (exact) mass is 393 g/mol. The number of amides is 1. The molecule has 1 aliphatic rings. The number of hydrogen-bond donors (Lipinski definition) is 1. The van der Waals surface area contributed by atoms with Crippen LogP contribution in [0.3, 0.4) is 0 Å². The Hall–Kier alpha value is -2.85. The highest BCUT2D eigenvalue weighted by Crippen LogP contribution is 2.24. The first kappa shape index (κ1) is 18.9. The Kier molecular flexibility index (Phi) is 5.19. The van der Waals surface area contributed by atoms with E-state index in [-0.39, 0.29) is 16.1 Å². The van der Waals surface area contributed by atoms with Crippen LogP contribution in [0.4, 0.5) is 15.8 Å². The molecule has 3 rings (SSSR count). The molecule has 0 atom stereocenters. The molecule has 0 spiro atoms. The molecule has 1 heterocycles. The number of carbonyl (C=O) groups excluding carboxylic acids is 1. The lowest BCUT2D eigenvalue weighted by Crippen LogP contribution is -2.28. The minimum Gasteiger partial charge on any atom is -0.322 e. The van der Waals surface area contributed by atoms with Gasteiger partial charge in [0.15, 0.2) is 0 Å². The zero-order valence-corrected chi connectivity index (χ0v) is 14.9. The predicted molar refractivity (Wildman–Crippen MR) is 95.4 cm³/mol. The molecule has 10 heteroatoms. The third-order valence-electron chi connectivity index (χ3n) is 4.20. The third-order valence-corrected chi connectivity index (χ3v) is 6.09. The molecule has 0 unspecified atom stereocenters. The number of sulfonamides is 1. The Morgan fingerprint density at radius 2 is 1.85 bits per heavy atom. The van der Waals surface area contributed by atoms with E-state index in [1.54, 1.807) is 0 Å². The highest BCUT2D eigenvalue weighted by molar-refractivity contribution is 7.89. The molecule has 8 nitrogen and oxygen atoms in total. The second kappa shape index (κ2) is 7.41. The van der Waals surface area contributed by atoms with E-state index in [4.69, 9.17) is 0 Å². The summed E-state index contributed by atoms with van der Waals surface area (Å²) in [6.07, 6.45) is 1.59. The molecule has 0 radical (unpaired) electrons. The highest BCUT2D eigenvalue weighted by Gasteiger charge is 2.27. The van der Waals surface area contributed by atoms with Crippen molar-refractivity contribution in [3.05, 3.63) is 64.0 Å². The van der Waals surface area contributed by atoms with Crippen LogP contribution in [0.2, 0.25) is 0 Å². The lowest BCUT2D eigenvalue weighted by molar-refractivity contribution is -0.387. The van der Waals surface area contributed by atoms with Gasteiger partial charge >= 0.3 is 5.69 Å². The van der Waals surface area contributed by atoms with Gasteiger partial charge < -0.3 is 5.32 Å². The normalized spacial score (nSPS) is 14.9. The van der Waals surface area contributed by atoms with E-state index in [1.165, 1.54) is 34.6 Å². The van der Waals surface area contributed by atoms with Crippen LogP contribution in [0.25, 0.3) is 0 Å². The van der Waals surface area contributed by atoms with E-state index < -0.39 is 32.4 Å². The molecule has 27 heavy (non-hydrogen) atoms. The smallest absolute Gasteiger partial charge is 0.306 e. The van der Waals surface area contributed by atoms with Gasteiger partial charge in [-0.25, -0.2) is 8.42 Å². The maximum absolute atomic E-state index is 13.4. The molecule has 142 valence electrons. The summed E-state index contributed by atoms with van der Waals surface area (Å²) in [7, 11) is -3.68. The summed E-state index contributed by atoms with van der Waals surface area (Å²) in [4.78, 5) is 22.3. The number of rotatable bonds is 5. The van der Waals surface area contributed by atoms with Crippen LogP contribution >= 0.6 is 0 Å². The number of carbonyl (C=O) groups is 1. The van der Waals surface area contributed by atoms with Crippen LogP contribution in [0.5, 0.6) is 0 Å². The SMILES string of the molecule is O=C(Nc1ccc(F)c([N+](=O)[O-])c1)c1cccc(S(=O)(=O)N2CCCC2)c1. The molecule has 1 N–H and O–H groups in total. The number of anilines is 1. The second-order valence-electron chi connectivity index (χ2n) is 6.02. The summed E-state index contributed by atoms with van der Waals surface area (Å²) in [5, 5.41) is 13.2. The van der Waals surface area contributed by atoms with Crippen LogP contribution in [0.1, 0.15) is 23.2 Å². The third kappa shape index (κ3) is 3.96. The molecule has 2 aromatic rings. The molecule has 2 aromatic carbocycles. The first-order chi connectivity index (χ1) is 12.8. The fraction of sp³-hybridized carbons (Fsp3) is 0.235. The van der Waals surface area contributed by atoms with Crippen molar-refractivity contribution in [1.29, 1.82) is 0 Å². The molecule has 0 aliphatic carbocycles. The van der Waals surface area contributed by atoms with Gasteiger partial charge in [-0.05, 0) is 43.2 Å². The highest BCUT2D eigenvalue weighted by atomic mass is 32.2. The van der Waals surface area contributed by atoms with Gasteiger partial charge in [-0.2, -0.15) is 8.70 Å². The maximum atomic E-state index is 13.4. The zero-order chi connectivity index (χ0) is 19.6. The number of benzene rings is 2. The van der Waals surface area contributed by atoms with Gasteiger partial charge in [0, 0.05) is 30.4 Å². The molecule has 1 saturated heterocycles. The van der Waals surface area contributed by atoms with E-state index in [0.29, 0.717) is 13.1 Å². The van der Waals surface area contributed by atoms with Crippen molar-refractivity contribution in [3.63, 3.8) is 0 Å². The van der Waals surface area contributed by atoms with Gasteiger partial charge in [0.05, 0.1) is 9.82 Å². The van der Waals surface area contributed by atoms with Crippen LogP contribution in [-0.2, 0) is 10.0 Å². The largest absolute Gasteiger partial charge is 0.322 e. The maximum Gasteiger partial charge on any atom is 0.306 e. The van der Waals surface area contributed by atoms with Crippen molar-refractivity contribution in [3.8, 4) is 0 Å². The second-order valence-corrected chi connectivity index (χ2v) is 7.95. The molecule has 0 bridgehead atoms. The van der Waals surface area contributed by atoms with Crippen LogP contribution < -0.4 is 5.32 Å². The van der Waals surface area contributed by atoms with E-state index in [1.807, 2.05) is 0 Å². The lowest BCUT2D eigenvalue weighted by Gasteiger charge is -2.16. The summed E-state index contributed by atoms with van der Waals surface area (Å²) in [5.41, 5.74) is -0.665. The number of halogens is 1. The summed E-state index contributed by atoms with van der Waals surface area (Å²) >= 11 is 0. The number of nitro groups is 1. The Morgan fingerprint density at radius 1 is 1.15 bits per heavy atom. The van der Waals surface area contributed by atoms with E-state index in [0.717, 1.165) is 25.0 Å². The topological polar surface area (TPSA) is 110 Å². The Balaban J connectivity index is 1.84. The average Bonchev–Trinajstić information content (AvgIpc) is 3.18. The molecule has 0 aromatic heterocycles. The fourth-order valence-corrected chi connectivity index (χ4v) is 4.37. The predicted octanol–water partition coefficient (Wildman–Crippen LogP) is 2.77. The molecular formula is C17H16FN3O5S. The van der Waals surface area contributed by atoms with Gasteiger partial charge in [0.25, 0.3) is 5.91 Å². The van der Waals surface area contributed by atoms with Gasteiger partial charge in [-0.3, -0.25) is 14.9 Å². The molecule has 1 fully saturated rings. The van der Waals surface area contributed by atoms with Gasteiger partial charge in [-0.1, -0.05) is 6.07 Å². The number of nitro benzene ring substituents is 1. The lowest BCUT2D eigenvalue weighted by atomic mass is 10.2. The minimum atomic E-state index is -3.68. The van der Waals surface area contributed by atoms with E-state index >= 15 is 0 Å². The average molecular weight is 393 g/mol. The molecular weight excluding hydrogens is 377 g/mol.